The number of methoxy groups -OCH3 is 5. The third kappa shape index (κ3) is 7.85. The van der Waals surface area contributed by atoms with Gasteiger partial charge in [0.05, 0.1) is 38.1 Å². The molecule has 1 N–H and O–H groups in total. The van der Waals surface area contributed by atoms with Crippen LogP contribution in [0.4, 0.5) is 23.5 Å². The molecule has 2 fully saturated rings. The lowest BCUT2D eigenvalue weighted by atomic mass is 9.97. The summed E-state index contributed by atoms with van der Waals surface area (Å²) in [7, 11) is 8.50. The number of aromatic nitrogens is 4. The number of β-amino-alcohol motifs (C(OH)–C–C–N with tert-alkyl or cyclic N) is 1. The number of aliphatic hydroxyl groups is 1. The predicted octanol–water partition coefficient (Wildman–Crippen LogP) is 0.804. The number of piperidine rings is 1. The molecule has 0 aliphatic carbocycles. The van der Waals surface area contributed by atoms with Gasteiger partial charge < -0.3 is 48.4 Å². The van der Waals surface area contributed by atoms with E-state index in [1.54, 1.807) is 35.5 Å². The fourth-order valence-corrected chi connectivity index (χ4v) is 5.35. The molecule has 0 amide bonds. The van der Waals surface area contributed by atoms with Crippen molar-refractivity contribution in [2.24, 2.45) is 0 Å². The van der Waals surface area contributed by atoms with Crippen LogP contribution in [0.15, 0.2) is 0 Å². The van der Waals surface area contributed by atoms with Gasteiger partial charge in [0.2, 0.25) is 11.9 Å². The van der Waals surface area contributed by atoms with E-state index in [4.69, 9.17) is 43.6 Å². The largest absolute Gasteiger partial charge is 0.386 e. The molecule has 236 valence electrons. The van der Waals surface area contributed by atoms with Crippen LogP contribution in [0.3, 0.4) is 0 Å². The van der Waals surface area contributed by atoms with E-state index >= 15 is 0 Å². The molecule has 14 heteroatoms. The summed E-state index contributed by atoms with van der Waals surface area (Å²) < 4.78 is 27.2. The minimum Gasteiger partial charge on any atom is -0.386 e. The zero-order valence-corrected chi connectivity index (χ0v) is 26.0. The average Bonchev–Trinajstić information content (AvgIpc) is 2.99. The zero-order valence-electron chi connectivity index (χ0n) is 26.0. The van der Waals surface area contributed by atoms with E-state index in [1.165, 1.54) is 0 Å². The minimum atomic E-state index is -0.799. The van der Waals surface area contributed by atoms with Gasteiger partial charge in [-0.15, -0.1) is 0 Å². The van der Waals surface area contributed by atoms with Gasteiger partial charge in [0.15, 0.2) is 11.6 Å². The number of ether oxygens (including phenoxy) is 5. The van der Waals surface area contributed by atoms with Gasteiger partial charge in [-0.25, -0.2) is 9.97 Å². The van der Waals surface area contributed by atoms with Crippen LogP contribution in [0.5, 0.6) is 0 Å². The summed E-state index contributed by atoms with van der Waals surface area (Å²) in [6.45, 7) is 8.75. The highest BCUT2D eigenvalue weighted by molar-refractivity contribution is 5.95. The maximum atomic E-state index is 10.7. The van der Waals surface area contributed by atoms with Crippen molar-refractivity contribution < 1.29 is 28.8 Å². The van der Waals surface area contributed by atoms with E-state index < -0.39 is 5.60 Å². The molecule has 2 aromatic heterocycles. The molecule has 42 heavy (non-hydrogen) atoms. The Morgan fingerprint density at radius 1 is 0.690 bits per heavy atom. The highest BCUT2D eigenvalue weighted by Crippen LogP contribution is 2.37. The standard InChI is InChI=1S/C28H48N8O6/c1-28(37)19-36(20-28)25-23-22(29-27(32-25)35(13-17-40-4)14-18-41-5)24(33-9-7-21(42-6)8-10-33)31-26(30-23)34(11-15-38-2)12-16-39-3/h21,37H,7-20H2,1-6H3. The Morgan fingerprint density at radius 3 is 1.45 bits per heavy atom. The Labute approximate surface area is 248 Å². The van der Waals surface area contributed by atoms with Gasteiger partial charge in [0.1, 0.15) is 11.0 Å². The fourth-order valence-electron chi connectivity index (χ4n) is 5.35. The molecule has 0 radical (unpaired) electrons. The molecule has 0 atom stereocenters. The SMILES string of the molecule is COCCN(CCOC)c1nc(N2CC(C)(O)C2)c2nc(N(CCOC)CCOC)nc(N3CCC(OC)CC3)c2n1. The minimum absolute atomic E-state index is 0.219. The van der Waals surface area contributed by atoms with Gasteiger partial charge in [-0.05, 0) is 19.8 Å². The van der Waals surface area contributed by atoms with Crippen LogP contribution >= 0.6 is 0 Å². The van der Waals surface area contributed by atoms with Gasteiger partial charge in [0.25, 0.3) is 0 Å². The van der Waals surface area contributed by atoms with Crippen LogP contribution < -0.4 is 19.6 Å². The maximum absolute atomic E-state index is 10.7. The van der Waals surface area contributed by atoms with Gasteiger partial charge in [-0.3, -0.25) is 0 Å². The zero-order chi connectivity index (χ0) is 30.1. The Morgan fingerprint density at radius 2 is 1.10 bits per heavy atom. The van der Waals surface area contributed by atoms with E-state index in [9.17, 15) is 5.11 Å². The Balaban J connectivity index is 1.89. The molecule has 0 spiro atoms. The van der Waals surface area contributed by atoms with E-state index in [-0.39, 0.29) is 6.10 Å². The van der Waals surface area contributed by atoms with Crippen molar-refractivity contribution in [2.45, 2.75) is 31.5 Å². The first kappa shape index (κ1) is 32.3. The molecule has 0 saturated carbocycles. The first-order valence-electron chi connectivity index (χ1n) is 14.6. The summed E-state index contributed by atoms with van der Waals surface area (Å²) in [6.07, 6.45) is 2.00. The summed E-state index contributed by atoms with van der Waals surface area (Å²) in [5.74, 6) is 2.57. The number of rotatable bonds is 17. The molecular formula is C28H48N8O6. The molecule has 0 aromatic carbocycles. The summed E-state index contributed by atoms with van der Waals surface area (Å²) in [6, 6.07) is 0. The van der Waals surface area contributed by atoms with E-state index in [1.807, 2.05) is 6.92 Å². The monoisotopic (exact) mass is 592 g/mol. The molecule has 4 rings (SSSR count). The van der Waals surface area contributed by atoms with Gasteiger partial charge in [-0.1, -0.05) is 0 Å². The second kappa shape index (κ2) is 15.2. The molecular weight excluding hydrogens is 544 g/mol. The number of anilines is 4. The summed E-state index contributed by atoms with van der Waals surface area (Å²) in [4.78, 5) is 28.9. The van der Waals surface area contributed by atoms with Crippen molar-refractivity contribution in [3.05, 3.63) is 0 Å². The van der Waals surface area contributed by atoms with Crippen molar-refractivity contribution in [1.29, 1.82) is 0 Å². The molecule has 14 nitrogen and oxygen atoms in total. The summed E-state index contributed by atoms with van der Waals surface area (Å²) in [5, 5.41) is 10.7. The molecule has 0 unspecified atom stereocenters. The highest BCUT2D eigenvalue weighted by Gasteiger charge is 2.39. The van der Waals surface area contributed by atoms with Crippen LogP contribution in [-0.2, 0) is 23.7 Å². The van der Waals surface area contributed by atoms with Gasteiger partial charge >= 0.3 is 0 Å². The van der Waals surface area contributed by atoms with Crippen molar-refractivity contribution in [1.82, 2.24) is 19.9 Å². The van der Waals surface area contributed by atoms with Gasteiger partial charge in [-0.2, -0.15) is 9.97 Å². The lowest BCUT2D eigenvalue weighted by molar-refractivity contribution is 0.0307. The van der Waals surface area contributed by atoms with Crippen molar-refractivity contribution in [3.8, 4) is 0 Å². The summed E-state index contributed by atoms with van der Waals surface area (Å²) >= 11 is 0. The number of fused-ring (bicyclic) bond motifs is 1. The topological polar surface area (TPSA) is 131 Å². The number of hydrogen-bond donors (Lipinski definition) is 1. The van der Waals surface area contributed by atoms with Crippen LogP contribution in [0.25, 0.3) is 11.0 Å². The first-order chi connectivity index (χ1) is 20.3. The van der Waals surface area contributed by atoms with E-state index in [2.05, 4.69) is 19.6 Å². The lowest BCUT2D eigenvalue weighted by Gasteiger charge is -2.45. The van der Waals surface area contributed by atoms with Crippen LogP contribution in [-0.4, -0.2) is 151 Å². The average molecular weight is 593 g/mol. The normalized spacial score (nSPS) is 17.1. The first-order valence-corrected chi connectivity index (χ1v) is 14.6. The molecule has 2 aliphatic heterocycles. The molecule has 4 heterocycles. The third-order valence-electron chi connectivity index (χ3n) is 7.75. The van der Waals surface area contributed by atoms with Crippen molar-refractivity contribution in [2.75, 3.05) is 134 Å². The number of hydrogen-bond acceptors (Lipinski definition) is 14. The van der Waals surface area contributed by atoms with E-state index in [0.29, 0.717) is 94.4 Å². The molecule has 0 bridgehead atoms. The smallest absolute Gasteiger partial charge is 0.228 e. The second-order valence-corrected chi connectivity index (χ2v) is 11.1. The van der Waals surface area contributed by atoms with Gasteiger partial charge in [0, 0.05) is 87.9 Å². The predicted molar refractivity (Wildman–Crippen MR) is 162 cm³/mol. The van der Waals surface area contributed by atoms with Crippen LogP contribution in [0.1, 0.15) is 19.8 Å². The maximum Gasteiger partial charge on any atom is 0.228 e. The lowest BCUT2D eigenvalue weighted by Crippen LogP contribution is -2.60. The van der Waals surface area contributed by atoms with Crippen molar-refractivity contribution >= 4 is 34.6 Å². The fraction of sp³-hybridized carbons (Fsp3) is 0.786. The van der Waals surface area contributed by atoms with Crippen molar-refractivity contribution in [3.63, 3.8) is 0 Å². The Hall–Kier alpha value is -2.62. The second-order valence-electron chi connectivity index (χ2n) is 11.1. The van der Waals surface area contributed by atoms with E-state index in [0.717, 1.165) is 31.7 Å². The summed E-state index contributed by atoms with van der Waals surface area (Å²) in [5.41, 5.74) is 0.535. The van der Waals surface area contributed by atoms with Crippen LogP contribution in [0, 0.1) is 0 Å². The third-order valence-corrected chi connectivity index (χ3v) is 7.75. The quantitative estimate of drug-likeness (QED) is 0.278. The Kier molecular flexibility index (Phi) is 11.7. The molecule has 2 saturated heterocycles. The Bertz CT molecular complexity index is 1110. The molecule has 2 aromatic rings. The van der Waals surface area contributed by atoms with Crippen LogP contribution in [0.2, 0.25) is 0 Å². The highest BCUT2D eigenvalue weighted by atomic mass is 16.5. The molecule has 2 aliphatic rings. The number of nitrogens with zero attached hydrogens (tertiary/aromatic N) is 8.